The van der Waals surface area contributed by atoms with Crippen LogP contribution in [0.25, 0.3) is 6.08 Å². The van der Waals surface area contributed by atoms with Crippen molar-refractivity contribution in [2.45, 2.75) is 6.92 Å². The molecule has 2 aromatic carbocycles. The highest BCUT2D eigenvalue weighted by Gasteiger charge is 2.08. The van der Waals surface area contributed by atoms with Crippen molar-refractivity contribution in [3.63, 3.8) is 0 Å². The minimum absolute atomic E-state index is 0.472. The third-order valence-corrected chi connectivity index (χ3v) is 2.89. The fraction of sp³-hybridized carbons (Fsp3) is 0.111. The van der Waals surface area contributed by atoms with Crippen LogP contribution >= 0.6 is 0 Å². The fourth-order valence-corrected chi connectivity index (χ4v) is 1.88. The maximum absolute atomic E-state index is 11.0. The Morgan fingerprint density at radius 2 is 1.73 bits per heavy atom. The summed E-state index contributed by atoms with van der Waals surface area (Å²) in [6.07, 6.45) is 3.69. The van der Waals surface area contributed by atoms with Gasteiger partial charge in [0.1, 0.15) is 11.5 Å². The van der Waals surface area contributed by atoms with Gasteiger partial charge in [-0.15, -0.1) is 0 Å². The van der Waals surface area contributed by atoms with Crippen LogP contribution < -0.4 is 4.74 Å². The van der Waals surface area contributed by atoms with Gasteiger partial charge in [-0.1, -0.05) is 53.7 Å². The number of oxime groups is 1. The summed E-state index contributed by atoms with van der Waals surface area (Å²) >= 11 is 0. The molecule has 0 saturated heterocycles. The van der Waals surface area contributed by atoms with Gasteiger partial charge in [-0.25, -0.2) is 4.79 Å². The SMILES string of the molecule is COc1ccccc1C(C=Cc1ccccc1)=NOC(C)=O. The molecule has 0 aliphatic heterocycles. The molecule has 4 heteroatoms. The molecule has 0 aliphatic rings. The zero-order chi connectivity index (χ0) is 15.8. The van der Waals surface area contributed by atoms with Crippen molar-refractivity contribution >= 4 is 17.8 Å². The maximum Gasteiger partial charge on any atom is 0.332 e. The number of allylic oxidation sites excluding steroid dienone is 1. The first-order chi connectivity index (χ1) is 10.7. The van der Waals surface area contributed by atoms with Gasteiger partial charge in [0.05, 0.1) is 7.11 Å². The number of carbonyl (C=O) groups excluding carboxylic acids is 1. The Balaban J connectivity index is 2.37. The Hall–Kier alpha value is -2.88. The lowest BCUT2D eigenvalue weighted by atomic mass is 10.1. The Morgan fingerprint density at radius 3 is 2.41 bits per heavy atom. The molecule has 2 aromatic rings. The maximum atomic E-state index is 11.0. The summed E-state index contributed by atoms with van der Waals surface area (Å²) in [5, 5.41) is 3.92. The van der Waals surface area contributed by atoms with Crippen molar-refractivity contribution in [1.29, 1.82) is 0 Å². The number of nitrogens with zero attached hydrogens (tertiary/aromatic N) is 1. The zero-order valence-electron chi connectivity index (χ0n) is 12.5. The van der Waals surface area contributed by atoms with Crippen LogP contribution in [0.5, 0.6) is 5.75 Å². The van der Waals surface area contributed by atoms with Crippen LogP contribution in [0.2, 0.25) is 0 Å². The quantitative estimate of drug-likeness (QED) is 0.480. The number of para-hydroxylation sites is 1. The summed E-state index contributed by atoms with van der Waals surface area (Å²) in [6, 6.07) is 17.2. The van der Waals surface area contributed by atoms with Gasteiger partial charge >= 0.3 is 5.97 Å². The molecule has 4 nitrogen and oxygen atoms in total. The van der Waals surface area contributed by atoms with Crippen LogP contribution in [0.3, 0.4) is 0 Å². The van der Waals surface area contributed by atoms with Crippen LogP contribution in [0.1, 0.15) is 18.1 Å². The molecule has 0 aromatic heterocycles. The van der Waals surface area contributed by atoms with E-state index in [2.05, 4.69) is 5.16 Å². The van der Waals surface area contributed by atoms with Gasteiger partial charge in [0.25, 0.3) is 0 Å². The van der Waals surface area contributed by atoms with Crippen LogP contribution in [0.15, 0.2) is 65.8 Å². The third kappa shape index (κ3) is 4.31. The lowest BCUT2D eigenvalue weighted by Gasteiger charge is -2.07. The Labute approximate surface area is 129 Å². The van der Waals surface area contributed by atoms with Crippen molar-refractivity contribution in [2.75, 3.05) is 7.11 Å². The highest BCUT2D eigenvalue weighted by Crippen LogP contribution is 2.19. The van der Waals surface area contributed by atoms with Crippen LogP contribution in [0, 0.1) is 0 Å². The number of hydrogen-bond acceptors (Lipinski definition) is 4. The number of methoxy groups -OCH3 is 1. The molecule has 0 atom stereocenters. The van der Waals surface area contributed by atoms with E-state index in [1.807, 2.05) is 60.7 Å². The van der Waals surface area contributed by atoms with E-state index in [4.69, 9.17) is 9.57 Å². The van der Waals surface area contributed by atoms with Gasteiger partial charge in [0, 0.05) is 12.5 Å². The van der Waals surface area contributed by atoms with E-state index in [0.717, 1.165) is 11.1 Å². The smallest absolute Gasteiger partial charge is 0.332 e. The van der Waals surface area contributed by atoms with Crippen LogP contribution in [-0.2, 0) is 9.63 Å². The first-order valence-electron chi connectivity index (χ1n) is 6.83. The molecule has 2 rings (SSSR count). The first kappa shape index (κ1) is 15.5. The van der Waals surface area contributed by atoms with Crippen molar-refractivity contribution < 1.29 is 14.4 Å². The standard InChI is InChI=1S/C18H17NO3/c1-14(20)22-19-17(13-12-15-8-4-3-5-9-15)16-10-6-7-11-18(16)21-2/h3-13H,1-2H3. The molecule has 22 heavy (non-hydrogen) atoms. The molecular formula is C18H17NO3. The minimum atomic E-state index is -0.472. The van der Waals surface area contributed by atoms with Crippen LogP contribution in [-0.4, -0.2) is 18.8 Å². The molecule has 0 fully saturated rings. The number of hydrogen-bond donors (Lipinski definition) is 0. The summed E-state index contributed by atoms with van der Waals surface area (Å²) in [4.78, 5) is 15.8. The van der Waals surface area contributed by atoms with Crippen molar-refractivity contribution in [3.05, 3.63) is 71.8 Å². The van der Waals surface area contributed by atoms with Gasteiger partial charge in [-0.3, -0.25) is 0 Å². The molecule has 0 radical (unpaired) electrons. The van der Waals surface area contributed by atoms with E-state index in [9.17, 15) is 4.79 Å². The summed E-state index contributed by atoms with van der Waals surface area (Å²) < 4.78 is 5.33. The zero-order valence-corrected chi connectivity index (χ0v) is 12.5. The highest BCUT2D eigenvalue weighted by molar-refractivity contribution is 6.12. The number of benzene rings is 2. The third-order valence-electron chi connectivity index (χ3n) is 2.89. The molecule has 112 valence electrons. The fourth-order valence-electron chi connectivity index (χ4n) is 1.88. The summed E-state index contributed by atoms with van der Waals surface area (Å²) in [6.45, 7) is 1.31. The lowest BCUT2D eigenvalue weighted by molar-refractivity contribution is -0.140. The molecule has 0 heterocycles. The molecule has 0 bridgehead atoms. The summed E-state index contributed by atoms with van der Waals surface area (Å²) in [7, 11) is 1.59. The van der Waals surface area contributed by atoms with E-state index >= 15 is 0 Å². The van der Waals surface area contributed by atoms with Gasteiger partial charge in [0.15, 0.2) is 0 Å². The van der Waals surface area contributed by atoms with E-state index in [1.54, 1.807) is 13.2 Å². The van der Waals surface area contributed by atoms with Gasteiger partial charge < -0.3 is 9.57 Å². The Bertz CT molecular complexity index is 690. The second-order valence-corrected chi connectivity index (χ2v) is 4.50. The summed E-state index contributed by atoms with van der Waals surface area (Å²) in [5.41, 5.74) is 2.28. The van der Waals surface area contributed by atoms with E-state index in [-0.39, 0.29) is 0 Å². The lowest BCUT2D eigenvalue weighted by Crippen LogP contribution is -2.03. The molecule has 0 N–H and O–H groups in total. The van der Waals surface area contributed by atoms with Gasteiger partial charge in [0.2, 0.25) is 0 Å². The van der Waals surface area contributed by atoms with Crippen molar-refractivity contribution in [1.82, 2.24) is 0 Å². The predicted molar refractivity (Wildman–Crippen MR) is 86.8 cm³/mol. The highest BCUT2D eigenvalue weighted by atomic mass is 16.7. The molecule has 0 amide bonds. The Kier molecular flexibility index (Phi) is 5.49. The largest absolute Gasteiger partial charge is 0.496 e. The van der Waals surface area contributed by atoms with E-state index < -0.39 is 5.97 Å². The van der Waals surface area contributed by atoms with Crippen molar-refractivity contribution in [3.8, 4) is 5.75 Å². The summed E-state index contributed by atoms with van der Waals surface area (Å²) in [5.74, 6) is 0.187. The normalized spacial score (nSPS) is 11.5. The predicted octanol–water partition coefficient (Wildman–Crippen LogP) is 3.68. The second kappa shape index (κ2) is 7.78. The average molecular weight is 295 g/mol. The number of carbonyl (C=O) groups is 1. The number of rotatable bonds is 5. The van der Waals surface area contributed by atoms with Gasteiger partial charge in [-0.05, 0) is 23.8 Å². The van der Waals surface area contributed by atoms with Gasteiger partial charge in [-0.2, -0.15) is 0 Å². The van der Waals surface area contributed by atoms with E-state index in [0.29, 0.717) is 11.5 Å². The van der Waals surface area contributed by atoms with E-state index in [1.165, 1.54) is 6.92 Å². The molecule has 0 aliphatic carbocycles. The number of ether oxygens (including phenoxy) is 1. The molecule has 0 spiro atoms. The van der Waals surface area contributed by atoms with Crippen molar-refractivity contribution in [2.24, 2.45) is 5.16 Å². The molecule has 0 saturated carbocycles. The average Bonchev–Trinajstić information content (AvgIpc) is 2.55. The topological polar surface area (TPSA) is 47.9 Å². The molecule has 0 unspecified atom stereocenters. The Morgan fingerprint density at radius 1 is 1.05 bits per heavy atom. The second-order valence-electron chi connectivity index (χ2n) is 4.50. The minimum Gasteiger partial charge on any atom is -0.496 e. The first-order valence-corrected chi connectivity index (χ1v) is 6.83. The van der Waals surface area contributed by atoms with Crippen LogP contribution in [0.4, 0.5) is 0 Å². The monoisotopic (exact) mass is 295 g/mol. The molecular weight excluding hydrogens is 278 g/mol.